The Hall–Kier alpha value is -7.76. The van der Waals surface area contributed by atoms with Crippen LogP contribution in [0.25, 0.3) is 55.0 Å². The van der Waals surface area contributed by atoms with E-state index in [0.29, 0.717) is 0 Å². The van der Waals surface area contributed by atoms with Gasteiger partial charge in [0.05, 0.1) is 33.4 Å². The predicted molar refractivity (Wildman–Crippen MR) is 324 cm³/mol. The fraction of sp³-hybridized carbons (Fsp3) is 0.229. The number of hydrogen-bond acceptors (Lipinski definition) is 2. The van der Waals surface area contributed by atoms with Crippen LogP contribution >= 0.6 is 0 Å². The molecular weight excluding hydrogens is 908 g/mol. The lowest BCUT2D eigenvalue weighted by Crippen LogP contribution is -2.61. The van der Waals surface area contributed by atoms with E-state index >= 15 is 0 Å². The van der Waals surface area contributed by atoms with Crippen LogP contribution in [0.3, 0.4) is 0 Å². The van der Waals surface area contributed by atoms with Gasteiger partial charge in [0.25, 0.3) is 6.71 Å². The first-order chi connectivity index (χ1) is 35.8. The molecule has 370 valence electrons. The fourth-order valence-electron chi connectivity index (χ4n) is 12.5. The second-order valence-electron chi connectivity index (χ2n) is 25.5. The molecule has 75 heavy (non-hydrogen) atoms. The largest absolute Gasteiger partial charge is 0.311 e. The van der Waals surface area contributed by atoms with Gasteiger partial charge in [-0.05, 0) is 133 Å². The maximum atomic E-state index is 2.59. The summed E-state index contributed by atoms with van der Waals surface area (Å²) in [5.41, 5.74) is 23.3. The minimum atomic E-state index is -0.0582. The first-order valence-electron chi connectivity index (χ1n) is 27.0. The standard InChI is InChI=1S/C70H67BN4/c1-67(2,3)44-28-34-48(35-29-44)72-60-38-32-46(69(7,8)9)40-55(60)71-56-41-47(70(10,11)12)33-39-61(56)73(49-36-30-45(31-37-49)68(4,5)6)64-43-50(42-63(72)65(64)71)74-57-24-16-15-22-53(57)54-23-19-27-62(66(54)74)75-58-25-17-13-20-51(58)52-21-14-18-26-59(52)75/h13-43H,1-12H3. The summed E-state index contributed by atoms with van der Waals surface area (Å²) in [6, 6.07) is 72.3. The SMILES string of the molecule is CC(C)(C)c1ccc(N2c3ccc(C(C)(C)C)cc3B3c4cc(C(C)(C)C)ccc4N(c4ccc(C(C)(C)C)cc4)c4cc(-n5c6ccccc6c6cccc(-n7c8ccccc8c8ccccc87)c65)cc2c43)cc1. The summed E-state index contributed by atoms with van der Waals surface area (Å²) in [5.74, 6) is 0. The molecule has 5 heteroatoms. The van der Waals surface area contributed by atoms with Crippen LogP contribution < -0.4 is 26.2 Å². The van der Waals surface area contributed by atoms with E-state index in [1.807, 2.05) is 0 Å². The van der Waals surface area contributed by atoms with E-state index in [4.69, 9.17) is 0 Å². The Morgan fingerprint density at radius 1 is 0.293 bits per heavy atom. The number of rotatable bonds is 4. The highest BCUT2D eigenvalue weighted by Crippen LogP contribution is 2.48. The van der Waals surface area contributed by atoms with Gasteiger partial charge >= 0.3 is 0 Å². The minimum absolute atomic E-state index is 0.00620. The number of nitrogens with zero attached hydrogens (tertiary/aromatic N) is 4. The number of fused-ring (bicyclic) bond motifs is 10. The van der Waals surface area contributed by atoms with Crippen LogP contribution in [0.4, 0.5) is 34.1 Å². The third kappa shape index (κ3) is 7.32. The van der Waals surface area contributed by atoms with Gasteiger partial charge in [0.15, 0.2) is 0 Å². The lowest BCUT2D eigenvalue weighted by molar-refractivity contribution is 0.590. The molecule has 4 nitrogen and oxygen atoms in total. The fourth-order valence-corrected chi connectivity index (χ4v) is 12.5. The van der Waals surface area contributed by atoms with Crippen molar-refractivity contribution < 1.29 is 0 Å². The summed E-state index contributed by atoms with van der Waals surface area (Å²) < 4.78 is 5.08. The Morgan fingerprint density at radius 3 is 1.09 bits per heavy atom. The van der Waals surface area contributed by atoms with E-state index in [1.165, 1.54) is 105 Å². The second-order valence-corrected chi connectivity index (χ2v) is 25.5. The first-order valence-corrected chi connectivity index (χ1v) is 27.0. The van der Waals surface area contributed by atoms with Gasteiger partial charge in [0, 0.05) is 55.7 Å². The van der Waals surface area contributed by atoms with Gasteiger partial charge in [0.2, 0.25) is 0 Å². The van der Waals surface area contributed by atoms with Gasteiger partial charge in [-0.25, -0.2) is 0 Å². The van der Waals surface area contributed by atoms with Crippen LogP contribution in [0.2, 0.25) is 0 Å². The molecule has 0 atom stereocenters. The van der Waals surface area contributed by atoms with Crippen molar-refractivity contribution in [2.45, 2.75) is 105 Å². The van der Waals surface area contributed by atoms with Crippen LogP contribution in [0, 0.1) is 0 Å². The van der Waals surface area contributed by atoms with E-state index in [-0.39, 0.29) is 28.4 Å². The van der Waals surface area contributed by atoms with Crippen LogP contribution in [0.1, 0.15) is 105 Å². The molecule has 0 aliphatic carbocycles. The zero-order chi connectivity index (χ0) is 52.1. The zero-order valence-electron chi connectivity index (χ0n) is 45.8. The topological polar surface area (TPSA) is 16.3 Å². The highest BCUT2D eigenvalue weighted by atomic mass is 15.2. The Bertz CT molecular complexity index is 3900. The summed E-state index contributed by atoms with van der Waals surface area (Å²) >= 11 is 0. The molecule has 9 aromatic carbocycles. The average Bonchev–Trinajstić information content (AvgIpc) is 3.99. The molecule has 2 aliphatic heterocycles. The van der Waals surface area contributed by atoms with Crippen molar-refractivity contribution in [2.24, 2.45) is 0 Å². The normalized spacial score (nSPS) is 13.8. The van der Waals surface area contributed by atoms with Gasteiger partial charge < -0.3 is 18.9 Å². The van der Waals surface area contributed by atoms with Gasteiger partial charge in [-0.3, -0.25) is 0 Å². The van der Waals surface area contributed by atoms with Crippen LogP contribution in [0.5, 0.6) is 0 Å². The lowest BCUT2D eigenvalue weighted by atomic mass is 9.33. The van der Waals surface area contributed by atoms with E-state index in [2.05, 4.69) is 290 Å². The second kappa shape index (κ2) is 16.4. The number of benzene rings is 9. The monoisotopic (exact) mass is 975 g/mol. The van der Waals surface area contributed by atoms with Gasteiger partial charge in [-0.1, -0.05) is 198 Å². The van der Waals surface area contributed by atoms with Gasteiger partial charge in [-0.2, -0.15) is 0 Å². The predicted octanol–water partition coefficient (Wildman–Crippen LogP) is 17.2. The Labute approximate surface area is 444 Å². The van der Waals surface area contributed by atoms with E-state index in [0.717, 1.165) is 22.7 Å². The van der Waals surface area contributed by atoms with Crippen molar-refractivity contribution in [3.8, 4) is 11.4 Å². The molecule has 13 rings (SSSR count). The summed E-state index contributed by atoms with van der Waals surface area (Å²) in [5, 5.41) is 4.95. The van der Waals surface area contributed by atoms with Crippen LogP contribution in [0.15, 0.2) is 188 Å². The summed E-state index contributed by atoms with van der Waals surface area (Å²) in [4.78, 5) is 5.18. The van der Waals surface area contributed by atoms with Crippen molar-refractivity contribution in [1.29, 1.82) is 0 Å². The zero-order valence-corrected chi connectivity index (χ0v) is 45.8. The number of hydrogen-bond donors (Lipinski definition) is 0. The summed E-state index contributed by atoms with van der Waals surface area (Å²) in [6.07, 6.45) is 0. The van der Waals surface area contributed by atoms with Gasteiger partial charge in [-0.15, -0.1) is 0 Å². The maximum Gasteiger partial charge on any atom is 0.252 e. The Kier molecular flexibility index (Phi) is 10.3. The quantitative estimate of drug-likeness (QED) is 0.163. The summed E-state index contributed by atoms with van der Waals surface area (Å²) in [6.45, 7) is 27.9. The smallest absolute Gasteiger partial charge is 0.252 e. The molecule has 0 N–H and O–H groups in total. The minimum Gasteiger partial charge on any atom is -0.311 e. The van der Waals surface area contributed by atoms with Crippen molar-refractivity contribution in [3.63, 3.8) is 0 Å². The third-order valence-corrected chi connectivity index (χ3v) is 16.5. The molecule has 0 amide bonds. The van der Waals surface area contributed by atoms with E-state index < -0.39 is 0 Å². The van der Waals surface area contributed by atoms with Crippen molar-refractivity contribution >= 4 is 101 Å². The molecule has 2 aromatic heterocycles. The van der Waals surface area contributed by atoms with E-state index in [9.17, 15) is 0 Å². The molecule has 2 aliphatic rings. The molecule has 0 bridgehead atoms. The van der Waals surface area contributed by atoms with Crippen LogP contribution in [-0.2, 0) is 21.7 Å². The molecule has 0 spiro atoms. The molecule has 0 saturated carbocycles. The average molecular weight is 975 g/mol. The summed E-state index contributed by atoms with van der Waals surface area (Å²) in [7, 11) is 0. The molecule has 0 unspecified atom stereocenters. The van der Waals surface area contributed by atoms with Crippen molar-refractivity contribution in [1.82, 2.24) is 9.13 Å². The third-order valence-electron chi connectivity index (χ3n) is 16.5. The van der Waals surface area contributed by atoms with Crippen molar-refractivity contribution in [2.75, 3.05) is 9.80 Å². The molecule has 0 saturated heterocycles. The highest BCUT2D eigenvalue weighted by molar-refractivity contribution is 7.00. The lowest BCUT2D eigenvalue weighted by Gasteiger charge is -2.45. The maximum absolute atomic E-state index is 2.59. The number of anilines is 6. The number of aromatic nitrogens is 2. The van der Waals surface area contributed by atoms with E-state index in [1.54, 1.807) is 0 Å². The molecular formula is C70H67BN4. The number of para-hydroxylation sites is 4. The molecule has 0 radical (unpaired) electrons. The first kappa shape index (κ1) is 47.0. The highest BCUT2D eigenvalue weighted by Gasteiger charge is 2.45. The Morgan fingerprint density at radius 2 is 0.667 bits per heavy atom. The molecule has 4 heterocycles. The van der Waals surface area contributed by atoms with Gasteiger partial charge in [0.1, 0.15) is 0 Å². The molecule has 0 fully saturated rings. The van der Waals surface area contributed by atoms with Crippen molar-refractivity contribution in [3.05, 3.63) is 210 Å². The van der Waals surface area contributed by atoms with Crippen LogP contribution in [-0.4, -0.2) is 15.8 Å². The Balaban J connectivity index is 1.19. The molecule has 11 aromatic rings.